The standard InChI is InChI=1S/C25H31FN2O2/c1-17-21(15-27-22-11-9-19(23(26)14-22)10-12-24(29)30)8-7-20-6-3-13-28(25(17)20)16-18-4-2-5-18/h7-9,11,14,18,27H,2-6,10,12-13,15-16H2,1H3,(H,29,30). The number of anilines is 2. The summed E-state index contributed by atoms with van der Waals surface area (Å²) in [6, 6.07) is 9.44. The van der Waals surface area contributed by atoms with Crippen molar-refractivity contribution in [2.24, 2.45) is 5.92 Å². The number of nitrogens with one attached hydrogen (secondary N) is 1. The van der Waals surface area contributed by atoms with E-state index in [4.69, 9.17) is 5.11 Å². The first-order chi connectivity index (χ1) is 14.5. The second-order valence-corrected chi connectivity index (χ2v) is 8.76. The van der Waals surface area contributed by atoms with Crippen LogP contribution in [-0.4, -0.2) is 24.2 Å². The summed E-state index contributed by atoms with van der Waals surface area (Å²) >= 11 is 0. The van der Waals surface area contributed by atoms with Crippen LogP contribution in [0.3, 0.4) is 0 Å². The van der Waals surface area contributed by atoms with Crippen LogP contribution in [0.4, 0.5) is 15.8 Å². The summed E-state index contributed by atoms with van der Waals surface area (Å²) < 4.78 is 14.3. The zero-order valence-corrected chi connectivity index (χ0v) is 17.7. The maximum absolute atomic E-state index is 14.3. The maximum atomic E-state index is 14.3. The summed E-state index contributed by atoms with van der Waals surface area (Å²) in [4.78, 5) is 13.3. The Morgan fingerprint density at radius 2 is 2.00 bits per heavy atom. The molecular weight excluding hydrogens is 379 g/mol. The number of aryl methyl sites for hydroxylation is 2. The van der Waals surface area contributed by atoms with Gasteiger partial charge in [0.1, 0.15) is 5.82 Å². The van der Waals surface area contributed by atoms with E-state index in [1.807, 2.05) is 6.07 Å². The molecule has 160 valence electrons. The van der Waals surface area contributed by atoms with Crippen LogP contribution in [-0.2, 0) is 24.2 Å². The molecule has 2 aromatic rings. The number of halogens is 1. The Balaban J connectivity index is 1.45. The first kappa shape index (κ1) is 20.7. The lowest BCUT2D eigenvalue weighted by Crippen LogP contribution is -2.37. The fourth-order valence-corrected chi connectivity index (χ4v) is 4.67. The predicted octanol–water partition coefficient (Wildman–Crippen LogP) is 5.32. The summed E-state index contributed by atoms with van der Waals surface area (Å²) in [5.41, 5.74) is 6.61. The van der Waals surface area contributed by atoms with E-state index in [0.29, 0.717) is 12.1 Å². The highest BCUT2D eigenvalue weighted by Gasteiger charge is 2.25. The Hall–Kier alpha value is -2.56. The highest BCUT2D eigenvalue weighted by Crippen LogP contribution is 2.36. The molecule has 0 unspecified atom stereocenters. The molecule has 30 heavy (non-hydrogen) atoms. The summed E-state index contributed by atoms with van der Waals surface area (Å²) in [7, 11) is 0. The van der Waals surface area contributed by atoms with Gasteiger partial charge in [-0.2, -0.15) is 0 Å². The number of carbonyl (C=O) groups is 1. The lowest BCUT2D eigenvalue weighted by molar-refractivity contribution is -0.136. The van der Waals surface area contributed by atoms with Gasteiger partial charge in [0.25, 0.3) is 0 Å². The van der Waals surface area contributed by atoms with Crippen molar-refractivity contribution in [2.45, 2.75) is 58.4 Å². The van der Waals surface area contributed by atoms with Crippen LogP contribution in [0.1, 0.15) is 54.4 Å². The van der Waals surface area contributed by atoms with Gasteiger partial charge in [-0.3, -0.25) is 4.79 Å². The lowest BCUT2D eigenvalue weighted by atomic mass is 9.84. The van der Waals surface area contributed by atoms with Crippen LogP contribution in [0.25, 0.3) is 0 Å². The zero-order valence-electron chi connectivity index (χ0n) is 17.7. The van der Waals surface area contributed by atoms with E-state index in [1.165, 1.54) is 60.7 Å². The van der Waals surface area contributed by atoms with E-state index in [0.717, 1.165) is 24.6 Å². The first-order valence-corrected chi connectivity index (χ1v) is 11.1. The third-order valence-electron chi connectivity index (χ3n) is 6.66. The van der Waals surface area contributed by atoms with Crippen LogP contribution in [0, 0.1) is 18.7 Å². The summed E-state index contributed by atoms with van der Waals surface area (Å²) in [6.45, 7) is 5.17. The maximum Gasteiger partial charge on any atom is 0.303 e. The Bertz CT molecular complexity index is 924. The number of hydrogen-bond acceptors (Lipinski definition) is 3. The predicted molar refractivity (Wildman–Crippen MR) is 119 cm³/mol. The smallest absolute Gasteiger partial charge is 0.303 e. The van der Waals surface area contributed by atoms with Crippen LogP contribution in [0.15, 0.2) is 30.3 Å². The molecule has 2 N–H and O–H groups in total. The van der Waals surface area contributed by atoms with Crippen LogP contribution in [0.5, 0.6) is 0 Å². The molecule has 1 saturated carbocycles. The summed E-state index contributed by atoms with van der Waals surface area (Å²) in [5, 5.41) is 12.1. The minimum atomic E-state index is -0.911. The Morgan fingerprint density at radius 1 is 1.20 bits per heavy atom. The highest BCUT2D eigenvalue weighted by atomic mass is 19.1. The number of hydrogen-bond donors (Lipinski definition) is 2. The van der Waals surface area contributed by atoms with Gasteiger partial charge in [-0.1, -0.05) is 24.6 Å². The van der Waals surface area contributed by atoms with Gasteiger partial charge in [0, 0.05) is 37.4 Å². The molecule has 0 amide bonds. The molecule has 0 aromatic heterocycles. The fraction of sp³-hybridized carbons (Fsp3) is 0.480. The average Bonchev–Trinajstić information content (AvgIpc) is 2.69. The molecule has 0 spiro atoms. The van der Waals surface area contributed by atoms with E-state index < -0.39 is 5.97 Å². The van der Waals surface area contributed by atoms with Crippen LogP contribution >= 0.6 is 0 Å². The number of nitrogens with zero attached hydrogens (tertiary/aromatic N) is 1. The molecule has 1 aliphatic carbocycles. The van der Waals surface area contributed by atoms with Crippen LogP contribution < -0.4 is 10.2 Å². The van der Waals surface area contributed by atoms with Crippen molar-refractivity contribution in [3.63, 3.8) is 0 Å². The molecular formula is C25H31FN2O2. The van der Waals surface area contributed by atoms with E-state index >= 15 is 0 Å². The zero-order chi connectivity index (χ0) is 21.1. The highest BCUT2D eigenvalue weighted by molar-refractivity contribution is 5.67. The minimum absolute atomic E-state index is 0.0601. The van der Waals surface area contributed by atoms with Gasteiger partial charge in [0.2, 0.25) is 0 Å². The normalized spacial score (nSPS) is 16.1. The number of rotatable bonds is 8. The Morgan fingerprint density at radius 3 is 2.70 bits per heavy atom. The quantitative estimate of drug-likeness (QED) is 0.619. The van der Waals surface area contributed by atoms with E-state index in [1.54, 1.807) is 6.07 Å². The molecule has 0 bridgehead atoms. The van der Waals surface area contributed by atoms with Crippen molar-refractivity contribution >= 4 is 17.3 Å². The number of benzene rings is 2. The molecule has 2 aliphatic rings. The van der Waals surface area contributed by atoms with Gasteiger partial charge in [0.05, 0.1) is 0 Å². The van der Waals surface area contributed by atoms with Crippen molar-refractivity contribution in [1.29, 1.82) is 0 Å². The average molecular weight is 411 g/mol. The third kappa shape index (κ3) is 4.61. The van der Waals surface area contributed by atoms with Gasteiger partial charge >= 0.3 is 5.97 Å². The fourth-order valence-electron chi connectivity index (χ4n) is 4.67. The third-order valence-corrected chi connectivity index (χ3v) is 6.66. The van der Waals surface area contributed by atoms with E-state index in [9.17, 15) is 9.18 Å². The van der Waals surface area contributed by atoms with Crippen LogP contribution in [0.2, 0.25) is 0 Å². The molecule has 1 heterocycles. The summed E-state index contributed by atoms with van der Waals surface area (Å²) in [6.07, 6.45) is 6.62. The van der Waals surface area contributed by atoms with Gasteiger partial charge in [-0.25, -0.2) is 4.39 Å². The van der Waals surface area contributed by atoms with E-state index in [2.05, 4.69) is 29.3 Å². The largest absolute Gasteiger partial charge is 0.481 e. The number of carboxylic acids is 1. The topological polar surface area (TPSA) is 52.6 Å². The number of aliphatic carboxylic acids is 1. The number of fused-ring (bicyclic) bond motifs is 1. The van der Waals surface area contributed by atoms with Gasteiger partial charge in [-0.05, 0) is 79.3 Å². The monoisotopic (exact) mass is 410 g/mol. The molecule has 5 heteroatoms. The molecule has 0 atom stereocenters. The van der Waals surface area contributed by atoms with Gasteiger partial charge in [0.15, 0.2) is 0 Å². The molecule has 0 saturated heterocycles. The molecule has 4 rings (SSSR count). The van der Waals surface area contributed by atoms with Crippen molar-refractivity contribution in [2.75, 3.05) is 23.3 Å². The second-order valence-electron chi connectivity index (χ2n) is 8.76. The van der Waals surface area contributed by atoms with Gasteiger partial charge in [-0.15, -0.1) is 0 Å². The SMILES string of the molecule is Cc1c(CNc2ccc(CCC(=O)O)c(F)c2)ccc2c1N(CC1CCC1)CCC2. The lowest BCUT2D eigenvalue weighted by Gasteiger charge is -2.38. The Labute approximate surface area is 178 Å². The van der Waals surface area contributed by atoms with Gasteiger partial charge < -0.3 is 15.3 Å². The molecule has 1 fully saturated rings. The van der Waals surface area contributed by atoms with Crippen molar-refractivity contribution < 1.29 is 14.3 Å². The van der Waals surface area contributed by atoms with Crippen molar-refractivity contribution in [3.8, 4) is 0 Å². The molecule has 1 aliphatic heterocycles. The molecule has 0 radical (unpaired) electrons. The second kappa shape index (κ2) is 9.07. The van der Waals surface area contributed by atoms with Crippen molar-refractivity contribution in [1.82, 2.24) is 0 Å². The van der Waals surface area contributed by atoms with Crippen molar-refractivity contribution in [3.05, 3.63) is 58.4 Å². The Kier molecular flexibility index (Phi) is 6.26. The molecule has 2 aromatic carbocycles. The van der Waals surface area contributed by atoms with E-state index in [-0.39, 0.29) is 18.7 Å². The summed E-state index contributed by atoms with van der Waals surface area (Å²) in [5.74, 6) is -0.416. The first-order valence-electron chi connectivity index (χ1n) is 11.1. The minimum Gasteiger partial charge on any atom is -0.481 e. The molecule has 4 nitrogen and oxygen atoms in total. The number of carboxylic acid groups (broad SMARTS) is 1.